The molecule has 0 aromatic heterocycles. The van der Waals surface area contributed by atoms with Crippen LogP contribution in [0.25, 0.3) is 0 Å². The van der Waals surface area contributed by atoms with E-state index in [0.717, 1.165) is 5.25 Å². The van der Waals surface area contributed by atoms with Gasteiger partial charge in [0.15, 0.2) is 0 Å². The molecule has 0 radical (unpaired) electrons. The highest BCUT2D eigenvalue weighted by Crippen LogP contribution is 2.32. The van der Waals surface area contributed by atoms with Gasteiger partial charge in [-0.15, -0.1) is 0 Å². The number of rotatable bonds is 5. The molecule has 1 saturated carbocycles. The van der Waals surface area contributed by atoms with Crippen LogP contribution in [0.2, 0.25) is 0 Å². The van der Waals surface area contributed by atoms with Crippen LogP contribution >= 0.6 is 11.8 Å². The van der Waals surface area contributed by atoms with E-state index in [4.69, 9.17) is 0 Å². The second-order valence-electron chi connectivity index (χ2n) is 5.27. The first-order valence-electron chi connectivity index (χ1n) is 7.00. The molecule has 0 bridgehead atoms. The Hall–Kier alpha value is -0.430. The third-order valence-electron chi connectivity index (χ3n) is 3.92. The summed E-state index contributed by atoms with van der Waals surface area (Å²) in [5, 5.41) is 0.933. The van der Waals surface area contributed by atoms with E-state index < -0.39 is 0 Å². The summed E-state index contributed by atoms with van der Waals surface area (Å²) in [7, 11) is 0. The van der Waals surface area contributed by atoms with E-state index in [9.17, 15) is 0 Å². The highest BCUT2D eigenvalue weighted by molar-refractivity contribution is 7.99. The van der Waals surface area contributed by atoms with Gasteiger partial charge >= 0.3 is 0 Å². The Bertz CT molecular complexity index is 339. The standard InChI is InChI=1S/C16H24S/c1-3-13(2)15-8-6-7-14(11-15)12-17-16-9-4-5-10-16/h6-8,11,13,16H,3-5,9-10,12H2,1-2H3. The number of thioether (sulfide) groups is 1. The van der Waals surface area contributed by atoms with Crippen molar-refractivity contribution in [3.63, 3.8) is 0 Å². The average Bonchev–Trinajstić information content (AvgIpc) is 2.89. The Morgan fingerprint density at radius 2 is 2.06 bits per heavy atom. The zero-order valence-corrected chi connectivity index (χ0v) is 11.9. The number of hydrogen-bond donors (Lipinski definition) is 0. The van der Waals surface area contributed by atoms with Crippen molar-refractivity contribution in [3.8, 4) is 0 Å². The minimum Gasteiger partial charge on any atom is -0.154 e. The molecule has 0 N–H and O–H groups in total. The van der Waals surface area contributed by atoms with Crippen molar-refractivity contribution in [1.82, 2.24) is 0 Å². The van der Waals surface area contributed by atoms with Crippen molar-refractivity contribution in [3.05, 3.63) is 35.4 Å². The zero-order chi connectivity index (χ0) is 12.1. The van der Waals surface area contributed by atoms with E-state index >= 15 is 0 Å². The molecular formula is C16H24S. The molecule has 0 aliphatic heterocycles. The molecule has 1 unspecified atom stereocenters. The summed E-state index contributed by atoms with van der Waals surface area (Å²) in [5.41, 5.74) is 3.02. The molecule has 1 aliphatic rings. The second-order valence-corrected chi connectivity index (χ2v) is 6.56. The van der Waals surface area contributed by atoms with Crippen molar-refractivity contribution in [2.45, 2.75) is 62.9 Å². The molecule has 0 nitrogen and oxygen atoms in total. The van der Waals surface area contributed by atoms with Crippen LogP contribution in [0.3, 0.4) is 0 Å². The maximum atomic E-state index is 2.41. The third-order valence-corrected chi connectivity index (χ3v) is 5.36. The molecule has 1 aromatic carbocycles. The lowest BCUT2D eigenvalue weighted by Crippen LogP contribution is -1.96. The van der Waals surface area contributed by atoms with E-state index in [1.54, 1.807) is 0 Å². The van der Waals surface area contributed by atoms with Crippen LogP contribution in [-0.4, -0.2) is 5.25 Å². The van der Waals surface area contributed by atoms with E-state index in [2.05, 4.69) is 49.9 Å². The van der Waals surface area contributed by atoms with Gasteiger partial charge in [-0.05, 0) is 36.3 Å². The van der Waals surface area contributed by atoms with Gasteiger partial charge < -0.3 is 0 Å². The molecule has 1 aromatic rings. The quantitative estimate of drug-likeness (QED) is 0.674. The van der Waals surface area contributed by atoms with E-state index in [1.165, 1.54) is 49.0 Å². The Kier molecular flexibility index (Phi) is 4.97. The Morgan fingerprint density at radius 1 is 1.29 bits per heavy atom. The summed E-state index contributed by atoms with van der Waals surface area (Å²) < 4.78 is 0. The molecule has 0 heterocycles. The summed E-state index contributed by atoms with van der Waals surface area (Å²) in [6, 6.07) is 9.20. The molecule has 2 rings (SSSR count). The molecule has 1 aliphatic carbocycles. The fourth-order valence-corrected chi connectivity index (χ4v) is 3.77. The molecule has 0 amide bonds. The van der Waals surface area contributed by atoms with E-state index in [-0.39, 0.29) is 0 Å². The molecule has 94 valence electrons. The lowest BCUT2D eigenvalue weighted by molar-refractivity contribution is 0.733. The maximum absolute atomic E-state index is 2.41. The van der Waals surface area contributed by atoms with Gasteiger partial charge in [0.25, 0.3) is 0 Å². The van der Waals surface area contributed by atoms with Gasteiger partial charge in [-0.25, -0.2) is 0 Å². The Labute approximate surface area is 110 Å². The monoisotopic (exact) mass is 248 g/mol. The number of hydrogen-bond acceptors (Lipinski definition) is 1. The molecule has 17 heavy (non-hydrogen) atoms. The normalized spacial score (nSPS) is 18.5. The third kappa shape index (κ3) is 3.77. The van der Waals surface area contributed by atoms with Crippen molar-refractivity contribution >= 4 is 11.8 Å². The molecule has 1 atom stereocenters. The summed E-state index contributed by atoms with van der Waals surface area (Å²) >= 11 is 2.17. The lowest BCUT2D eigenvalue weighted by atomic mass is 9.97. The van der Waals surface area contributed by atoms with Gasteiger partial charge in [-0.3, -0.25) is 0 Å². The first-order chi connectivity index (χ1) is 8.29. The van der Waals surface area contributed by atoms with Gasteiger partial charge in [0, 0.05) is 11.0 Å². The minimum absolute atomic E-state index is 0.700. The lowest BCUT2D eigenvalue weighted by Gasteiger charge is -2.12. The second kappa shape index (κ2) is 6.49. The zero-order valence-electron chi connectivity index (χ0n) is 11.1. The largest absolute Gasteiger partial charge is 0.154 e. The average molecular weight is 248 g/mol. The fraction of sp³-hybridized carbons (Fsp3) is 0.625. The number of benzene rings is 1. The van der Waals surface area contributed by atoms with E-state index in [1.807, 2.05) is 0 Å². The van der Waals surface area contributed by atoms with Gasteiger partial charge in [-0.1, -0.05) is 51.0 Å². The minimum atomic E-state index is 0.700. The Balaban J connectivity index is 1.91. The van der Waals surface area contributed by atoms with Crippen molar-refractivity contribution in [2.24, 2.45) is 0 Å². The molecule has 1 fully saturated rings. The highest BCUT2D eigenvalue weighted by atomic mass is 32.2. The van der Waals surface area contributed by atoms with Gasteiger partial charge in [0.2, 0.25) is 0 Å². The van der Waals surface area contributed by atoms with Crippen LogP contribution in [0.15, 0.2) is 24.3 Å². The SMILES string of the molecule is CCC(C)c1cccc(CSC2CCCC2)c1. The smallest absolute Gasteiger partial charge is 0.0187 e. The molecule has 1 heteroatoms. The van der Waals surface area contributed by atoms with Crippen LogP contribution in [0.5, 0.6) is 0 Å². The molecular weight excluding hydrogens is 224 g/mol. The topological polar surface area (TPSA) is 0 Å². The van der Waals surface area contributed by atoms with Crippen molar-refractivity contribution < 1.29 is 0 Å². The van der Waals surface area contributed by atoms with Crippen molar-refractivity contribution in [1.29, 1.82) is 0 Å². The van der Waals surface area contributed by atoms with Gasteiger partial charge in [0.05, 0.1) is 0 Å². The van der Waals surface area contributed by atoms with Crippen LogP contribution in [0, 0.1) is 0 Å². The first-order valence-corrected chi connectivity index (χ1v) is 8.05. The predicted molar refractivity (Wildman–Crippen MR) is 78.7 cm³/mol. The summed E-state index contributed by atoms with van der Waals surface area (Å²) in [6.45, 7) is 4.59. The first kappa shape index (κ1) is 13.0. The predicted octanol–water partition coefficient (Wildman–Crippen LogP) is 5.38. The van der Waals surface area contributed by atoms with E-state index in [0.29, 0.717) is 5.92 Å². The van der Waals surface area contributed by atoms with Gasteiger partial charge in [0.1, 0.15) is 0 Å². The van der Waals surface area contributed by atoms with Crippen LogP contribution in [-0.2, 0) is 5.75 Å². The van der Waals surface area contributed by atoms with Gasteiger partial charge in [-0.2, -0.15) is 11.8 Å². The maximum Gasteiger partial charge on any atom is 0.0187 e. The fourth-order valence-electron chi connectivity index (χ4n) is 2.49. The summed E-state index contributed by atoms with van der Waals surface area (Å²) in [5.74, 6) is 1.90. The summed E-state index contributed by atoms with van der Waals surface area (Å²) in [4.78, 5) is 0. The van der Waals surface area contributed by atoms with Crippen LogP contribution in [0.1, 0.15) is 63.0 Å². The summed E-state index contributed by atoms with van der Waals surface area (Å²) in [6.07, 6.45) is 7.01. The highest BCUT2D eigenvalue weighted by Gasteiger charge is 2.15. The molecule has 0 spiro atoms. The van der Waals surface area contributed by atoms with Crippen LogP contribution < -0.4 is 0 Å². The Morgan fingerprint density at radius 3 is 2.76 bits per heavy atom. The van der Waals surface area contributed by atoms with Crippen LogP contribution in [0.4, 0.5) is 0 Å². The van der Waals surface area contributed by atoms with Crippen molar-refractivity contribution in [2.75, 3.05) is 0 Å². The molecule has 0 saturated heterocycles.